The van der Waals surface area contributed by atoms with Crippen molar-refractivity contribution in [2.75, 3.05) is 6.61 Å². The SMILES string of the molecule is C[Si](C)(C)CCOCn1c(-c2ccc(F)cn2)nc(Br)c1Br. The fourth-order valence-corrected chi connectivity index (χ4v) is 3.26. The van der Waals surface area contributed by atoms with Crippen LogP contribution in [-0.2, 0) is 11.5 Å². The number of rotatable bonds is 6. The molecule has 0 bridgehead atoms. The van der Waals surface area contributed by atoms with E-state index in [1.165, 1.54) is 12.3 Å². The number of ether oxygens (including phenoxy) is 1. The summed E-state index contributed by atoms with van der Waals surface area (Å²) in [5.74, 6) is 0.262. The molecule has 0 radical (unpaired) electrons. The van der Waals surface area contributed by atoms with Gasteiger partial charge in [-0.25, -0.2) is 14.4 Å². The van der Waals surface area contributed by atoms with E-state index in [4.69, 9.17) is 4.74 Å². The number of pyridine rings is 1. The van der Waals surface area contributed by atoms with E-state index in [0.717, 1.165) is 10.6 Å². The summed E-state index contributed by atoms with van der Waals surface area (Å²) < 4.78 is 22.1. The molecule has 0 spiro atoms. The van der Waals surface area contributed by atoms with E-state index in [1.807, 2.05) is 4.57 Å². The molecule has 0 aromatic carbocycles. The molecule has 0 aliphatic carbocycles. The molecule has 2 heterocycles. The van der Waals surface area contributed by atoms with Crippen molar-refractivity contribution in [3.8, 4) is 11.5 Å². The molecule has 0 saturated carbocycles. The molecule has 4 nitrogen and oxygen atoms in total. The maximum atomic E-state index is 13.0. The van der Waals surface area contributed by atoms with Crippen molar-refractivity contribution in [2.45, 2.75) is 32.4 Å². The van der Waals surface area contributed by atoms with E-state index in [2.05, 4.69) is 61.5 Å². The lowest BCUT2D eigenvalue weighted by molar-refractivity contribution is 0.0868. The van der Waals surface area contributed by atoms with Crippen molar-refractivity contribution in [3.63, 3.8) is 0 Å². The highest BCUT2D eigenvalue weighted by Gasteiger charge is 2.17. The quantitative estimate of drug-likeness (QED) is 0.463. The van der Waals surface area contributed by atoms with Gasteiger partial charge in [0.15, 0.2) is 5.82 Å². The first-order valence-corrected chi connectivity index (χ1v) is 12.2. The van der Waals surface area contributed by atoms with Gasteiger partial charge < -0.3 is 4.74 Å². The Hall–Kier alpha value is -0.573. The van der Waals surface area contributed by atoms with Gasteiger partial charge in [-0.15, -0.1) is 0 Å². The Morgan fingerprint density at radius 1 is 1.27 bits per heavy atom. The van der Waals surface area contributed by atoms with E-state index in [-0.39, 0.29) is 5.82 Å². The second-order valence-corrected chi connectivity index (χ2v) is 13.3. The topological polar surface area (TPSA) is 39.9 Å². The summed E-state index contributed by atoms with van der Waals surface area (Å²) in [6.07, 6.45) is 1.18. The molecule has 0 saturated heterocycles. The summed E-state index contributed by atoms with van der Waals surface area (Å²) in [5.41, 5.74) is 0.599. The first kappa shape index (κ1) is 17.8. The normalized spacial score (nSPS) is 11.9. The molecule has 2 rings (SSSR count). The third-order valence-electron chi connectivity index (χ3n) is 3.04. The molecule has 22 heavy (non-hydrogen) atoms. The van der Waals surface area contributed by atoms with Gasteiger partial charge in [0.1, 0.15) is 27.4 Å². The van der Waals surface area contributed by atoms with Crippen molar-refractivity contribution in [2.24, 2.45) is 0 Å². The number of hydrogen-bond acceptors (Lipinski definition) is 3. The van der Waals surface area contributed by atoms with Gasteiger partial charge in [-0.2, -0.15) is 0 Å². The Kier molecular flexibility index (Phi) is 5.92. The minimum atomic E-state index is -1.11. The second kappa shape index (κ2) is 7.33. The molecule has 2 aromatic rings. The van der Waals surface area contributed by atoms with E-state index in [9.17, 15) is 4.39 Å². The highest BCUT2D eigenvalue weighted by atomic mass is 79.9. The number of hydrogen-bond donors (Lipinski definition) is 0. The monoisotopic (exact) mass is 449 g/mol. The smallest absolute Gasteiger partial charge is 0.162 e. The number of imidazole rings is 1. The molecular formula is C14H18Br2FN3OSi. The van der Waals surface area contributed by atoms with Gasteiger partial charge in [0, 0.05) is 14.7 Å². The Balaban J connectivity index is 2.15. The van der Waals surface area contributed by atoms with Crippen LogP contribution < -0.4 is 0 Å². The van der Waals surface area contributed by atoms with Crippen LogP contribution in [0, 0.1) is 5.82 Å². The minimum Gasteiger partial charge on any atom is -0.361 e. The Morgan fingerprint density at radius 3 is 2.59 bits per heavy atom. The predicted molar refractivity (Wildman–Crippen MR) is 94.9 cm³/mol. The number of halogens is 3. The van der Waals surface area contributed by atoms with Crippen LogP contribution in [-0.4, -0.2) is 29.2 Å². The zero-order valence-corrected chi connectivity index (χ0v) is 16.9. The van der Waals surface area contributed by atoms with Crippen LogP contribution in [0.5, 0.6) is 0 Å². The van der Waals surface area contributed by atoms with Gasteiger partial charge >= 0.3 is 0 Å². The predicted octanol–water partition coefficient (Wildman–Crippen LogP) is 4.92. The highest BCUT2D eigenvalue weighted by Crippen LogP contribution is 2.29. The molecular weight excluding hydrogens is 433 g/mol. The molecule has 8 heteroatoms. The molecule has 0 unspecified atom stereocenters. The third kappa shape index (κ3) is 4.71. The fourth-order valence-electron chi connectivity index (χ4n) is 1.76. The van der Waals surface area contributed by atoms with Crippen LogP contribution in [0.4, 0.5) is 4.39 Å². The zero-order chi connectivity index (χ0) is 16.3. The van der Waals surface area contributed by atoms with Crippen molar-refractivity contribution >= 4 is 39.9 Å². The van der Waals surface area contributed by atoms with Crippen molar-refractivity contribution in [3.05, 3.63) is 33.4 Å². The maximum Gasteiger partial charge on any atom is 0.162 e. The molecule has 0 aliphatic heterocycles. The molecule has 0 atom stereocenters. The third-order valence-corrected chi connectivity index (χ3v) is 6.63. The van der Waals surface area contributed by atoms with Crippen molar-refractivity contribution in [1.82, 2.24) is 14.5 Å². The summed E-state index contributed by atoms with van der Waals surface area (Å²) in [6, 6.07) is 4.08. The summed E-state index contributed by atoms with van der Waals surface area (Å²) >= 11 is 6.87. The largest absolute Gasteiger partial charge is 0.361 e. The Bertz CT molecular complexity index is 641. The van der Waals surface area contributed by atoms with Gasteiger partial charge in [0.2, 0.25) is 0 Å². The van der Waals surface area contributed by atoms with Gasteiger partial charge in [-0.1, -0.05) is 19.6 Å². The number of nitrogens with zero attached hydrogens (tertiary/aromatic N) is 3. The lowest BCUT2D eigenvalue weighted by Crippen LogP contribution is -2.22. The van der Waals surface area contributed by atoms with E-state index < -0.39 is 8.07 Å². The second-order valence-electron chi connectivity index (χ2n) is 6.15. The first-order chi connectivity index (χ1) is 10.3. The maximum absolute atomic E-state index is 13.0. The molecule has 0 N–H and O–H groups in total. The first-order valence-electron chi connectivity index (χ1n) is 6.89. The van der Waals surface area contributed by atoms with Gasteiger partial charge in [-0.3, -0.25) is 4.57 Å². The van der Waals surface area contributed by atoms with Crippen LogP contribution in [0.1, 0.15) is 0 Å². The van der Waals surface area contributed by atoms with Crippen LogP contribution in [0.25, 0.3) is 11.5 Å². The zero-order valence-electron chi connectivity index (χ0n) is 12.7. The Morgan fingerprint density at radius 2 is 2.00 bits per heavy atom. The molecule has 0 amide bonds. The molecule has 0 fully saturated rings. The van der Waals surface area contributed by atoms with Gasteiger partial charge in [0.05, 0.1) is 6.20 Å². The van der Waals surface area contributed by atoms with Crippen LogP contribution in [0.2, 0.25) is 25.7 Å². The van der Waals surface area contributed by atoms with E-state index >= 15 is 0 Å². The summed E-state index contributed by atoms with van der Waals surface area (Å²) in [6.45, 7) is 8.03. The number of aromatic nitrogens is 3. The van der Waals surface area contributed by atoms with Crippen molar-refractivity contribution < 1.29 is 9.13 Å². The van der Waals surface area contributed by atoms with Crippen LogP contribution >= 0.6 is 31.9 Å². The average Bonchev–Trinajstić information content (AvgIpc) is 2.71. The summed E-state index contributed by atoms with van der Waals surface area (Å²) in [4.78, 5) is 8.50. The standard InChI is InChI=1S/C14H18Br2FN3OSi/c1-22(2,3)7-6-21-9-20-13(16)12(15)19-14(20)11-5-4-10(17)8-18-11/h4-5,8H,6-7,9H2,1-3H3. The molecule has 120 valence electrons. The molecule has 0 aliphatic rings. The van der Waals surface area contributed by atoms with Gasteiger partial charge in [-0.05, 0) is 50.0 Å². The lowest BCUT2D eigenvalue weighted by Gasteiger charge is -2.16. The fraction of sp³-hybridized carbons (Fsp3) is 0.429. The van der Waals surface area contributed by atoms with Gasteiger partial charge in [0.25, 0.3) is 0 Å². The van der Waals surface area contributed by atoms with Crippen molar-refractivity contribution in [1.29, 1.82) is 0 Å². The Labute approximate surface area is 147 Å². The summed E-state index contributed by atoms with van der Waals surface area (Å²) in [5, 5.41) is 0. The highest BCUT2D eigenvalue weighted by molar-refractivity contribution is 9.13. The minimum absolute atomic E-state index is 0.369. The van der Waals surface area contributed by atoms with E-state index in [1.54, 1.807) is 6.07 Å². The summed E-state index contributed by atoms with van der Waals surface area (Å²) in [7, 11) is -1.11. The average molecular weight is 451 g/mol. The van der Waals surface area contributed by atoms with E-state index in [0.29, 0.717) is 29.5 Å². The molecule has 2 aromatic heterocycles. The van der Waals surface area contributed by atoms with Crippen LogP contribution in [0.3, 0.4) is 0 Å². The van der Waals surface area contributed by atoms with Crippen LogP contribution in [0.15, 0.2) is 27.5 Å². The lowest BCUT2D eigenvalue weighted by atomic mass is 10.3.